The monoisotopic (exact) mass is 460 g/mol. The van der Waals surface area contributed by atoms with Gasteiger partial charge in [-0.2, -0.15) is 0 Å². The average Bonchev–Trinajstić information content (AvgIpc) is 2.85. The fourth-order valence-electron chi connectivity index (χ4n) is 7.05. The Labute approximate surface area is 208 Å². The molecule has 0 saturated heterocycles. The third kappa shape index (κ3) is 7.03. The molecule has 1 atom stereocenters. The molecular formula is C32H48N2. The molecule has 4 N–H and O–H groups in total. The molecule has 0 radical (unpaired) electrons. The number of nitrogen functional groups attached to an aromatic ring is 2. The van der Waals surface area contributed by atoms with Crippen LogP contribution in [0.1, 0.15) is 114 Å². The molecule has 2 saturated carbocycles. The highest BCUT2D eigenvalue weighted by molar-refractivity contribution is 5.56. The second kappa shape index (κ2) is 12.7. The lowest BCUT2D eigenvalue weighted by Gasteiger charge is -2.36. The average molecular weight is 461 g/mol. The maximum atomic E-state index is 6.20. The lowest BCUT2D eigenvalue weighted by Crippen LogP contribution is -2.22. The standard InChI is InChI=1S/C32H48N2/c1-2-3-5-8-24-11-13-25(14-12-24)15-16-26-17-19-28(20-18-26)32(27-9-6-4-7-10-27)29-21-30(33)23-31(34)22-29/h4,6-7,9-10,21-26,28,32H,2-3,5,8,11-20,33-34H2,1H3. The van der Waals surface area contributed by atoms with Crippen molar-refractivity contribution in [3.63, 3.8) is 0 Å². The number of benzene rings is 2. The van der Waals surface area contributed by atoms with Crippen LogP contribution in [0.3, 0.4) is 0 Å². The van der Waals surface area contributed by atoms with E-state index in [0.29, 0.717) is 11.8 Å². The van der Waals surface area contributed by atoms with Crippen LogP contribution in [0.25, 0.3) is 0 Å². The van der Waals surface area contributed by atoms with Gasteiger partial charge in [0.05, 0.1) is 0 Å². The van der Waals surface area contributed by atoms with Gasteiger partial charge >= 0.3 is 0 Å². The van der Waals surface area contributed by atoms with Gasteiger partial charge in [0, 0.05) is 17.3 Å². The van der Waals surface area contributed by atoms with Gasteiger partial charge in [-0.25, -0.2) is 0 Å². The fraction of sp³-hybridized carbons (Fsp3) is 0.625. The largest absolute Gasteiger partial charge is 0.399 e. The molecule has 2 nitrogen and oxygen atoms in total. The fourth-order valence-corrected chi connectivity index (χ4v) is 7.05. The van der Waals surface area contributed by atoms with Crippen LogP contribution in [0.5, 0.6) is 0 Å². The quantitative estimate of drug-likeness (QED) is 0.274. The zero-order valence-corrected chi connectivity index (χ0v) is 21.6. The summed E-state index contributed by atoms with van der Waals surface area (Å²) in [4.78, 5) is 0. The second-order valence-electron chi connectivity index (χ2n) is 11.6. The number of rotatable bonds is 10. The molecule has 2 heteroatoms. The van der Waals surface area contributed by atoms with Gasteiger partial charge in [-0.15, -0.1) is 0 Å². The van der Waals surface area contributed by atoms with Crippen LogP contribution >= 0.6 is 0 Å². The molecule has 0 aromatic heterocycles. The predicted octanol–water partition coefficient (Wildman–Crippen LogP) is 8.96. The summed E-state index contributed by atoms with van der Waals surface area (Å²) >= 11 is 0. The number of nitrogens with two attached hydrogens (primary N) is 2. The molecule has 186 valence electrons. The van der Waals surface area contributed by atoms with Crippen molar-refractivity contribution < 1.29 is 0 Å². The molecule has 4 rings (SSSR count). The molecule has 0 heterocycles. The van der Waals surface area contributed by atoms with Crippen molar-refractivity contribution in [3.05, 3.63) is 59.7 Å². The Morgan fingerprint density at radius 2 is 1.18 bits per heavy atom. The normalized spacial score (nSPS) is 26.3. The minimum Gasteiger partial charge on any atom is -0.399 e. The molecule has 0 spiro atoms. The van der Waals surface area contributed by atoms with Crippen molar-refractivity contribution in [2.45, 2.75) is 103 Å². The topological polar surface area (TPSA) is 52.0 Å². The number of anilines is 2. The maximum absolute atomic E-state index is 6.20. The summed E-state index contributed by atoms with van der Waals surface area (Å²) in [6.45, 7) is 2.32. The predicted molar refractivity (Wildman–Crippen MR) is 148 cm³/mol. The van der Waals surface area contributed by atoms with Gasteiger partial charge in [-0.3, -0.25) is 0 Å². The molecule has 2 aromatic rings. The number of unbranched alkanes of at least 4 members (excludes halogenated alkanes) is 2. The first kappa shape index (κ1) is 25.1. The van der Waals surface area contributed by atoms with Gasteiger partial charge in [0.25, 0.3) is 0 Å². The van der Waals surface area contributed by atoms with Crippen molar-refractivity contribution in [1.82, 2.24) is 0 Å². The van der Waals surface area contributed by atoms with E-state index in [1.807, 2.05) is 6.07 Å². The molecule has 0 amide bonds. The van der Waals surface area contributed by atoms with Crippen LogP contribution in [0.15, 0.2) is 48.5 Å². The smallest absolute Gasteiger partial charge is 0.0337 e. The summed E-state index contributed by atoms with van der Waals surface area (Å²) in [6, 6.07) is 17.2. The van der Waals surface area contributed by atoms with Crippen LogP contribution in [-0.4, -0.2) is 0 Å². The van der Waals surface area contributed by atoms with Gasteiger partial charge in [-0.1, -0.05) is 114 Å². The summed E-state index contributed by atoms with van der Waals surface area (Å²) in [7, 11) is 0. The highest BCUT2D eigenvalue weighted by Crippen LogP contribution is 2.44. The molecule has 2 fully saturated rings. The van der Waals surface area contributed by atoms with E-state index in [-0.39, 0.29) is 0 Å². The molecule has 1 unspecified atom stereocenters. The van der Waals surface area contributed by atoms with E-state index in [2.05, 4.69) is 49.4 Å². The van der Waals surface area contributed by atoms with Crippen molar-refractivity contribution >= 4 is 11.4 Å². The lowest BCUT2D eigenvalue weighted by molar-refractivity contribution is 0.206. The van der Waals surface area contributed by atoms with Gasteiger partial charge in [0.2, 0.25) is 0 Å². The summed E-state index contributed by atoms with van der Waals surface area (Å²) in [6.07, 6.45) is 20.1. The first-order valence-corrected chi connectivity index (χ1v) is 14.3. The summed E-state index contributed by atoms with van der Waals surface area (Å²) in [5.41, 5.74) is 16.7. The first-order chi connectivity index (χ1) is 16.6. The van der Waals surface area contributed by atoms with E-state index < -0.39 is 0 Å². The molecule has 0 aliphatic heterocycles. The molecule has 2 aliphatic rings. The van der Waals surface area contributed by atoms with Gasteiger partial charge in [0.15, 0.2) is 0 Å². The molecule has 0 bridgehead atoms. The lowest BCUT2D eigenvalue weighted by atomic mass is 9.69. The Balaban J connectivity index is 1.28. The minimum atomic E-state index is 0.399. The van der Waals surface area contributed by atoms with Crippen LogP contribution in [0, 0.1) is 23.7 Å². The second-order valence-corrected chi connectivity index (χ2v) is 11.6. The summed E-state index contributed by atoms with van der Waals surface area (Å²) < 4.78 is 0. The maximum Gasteiger partial charge on any atom is 0.0337 e. The zero-order chi connectivity index (χ0) is 23.8. The van der Waals surface area contributed by atoms with E-state index in [4.69, 9.17) is 11.5 Å². The van der Waals surface area contributed by atoms with Crippen molar-refractivity contribution in [2.24, 2.45) is 23.7 Å². The highest BCUT2D eigenvalue weighted by Gasteiger charge is 2.30. The molecule has 2 aromatic carbocycles. The van der Waals surface area contributed by atoms with Crippen molar-refractivity contribution in [2.75, 3.05) is 11.5 Å². The first-order valence-electron chi connectivity index (χ1n) is 14.3. The van der Waals surface area contributed by atoms with Gasteiger partial charge in [-0.05, 0) is 65.8 Å². The Kier molecular flexibility index (Phi) is 9.36. The Hall–Kier alpha value is -1.96. The van der Waals surface area contributed by atoms with Gasteiger partial charge in [0.1, 0.15) is 0 Å². The third-order valence-electron chi connectivity index (χ3n) is 9.05. The molecule has 2 aliphatic carbocycles. The molecular weight excluding hydrogens is 412 g/mol. The van der Waals surface area contributed by atoms with Crippen molar-refractivity contribution in [1.29, 1.82) is 0 Å². The van der Waals surface area contributed by atoms with Crippen LogP contribution in [0.4, 0.5) is 11.4 Å². The van der Waals surface area contributed by atoms with E-state index in [1.165, 1.54) is 101 Å². The Morgan fingerprint density at radius 3 is 1.74 bits per heavy atom. The van der Waals surface area contributed by atoms with Crippen LogP contribution < -0.4 is 11.5 Å². The molecule has 34 heavy (non-hydrogen) atoms. The van der Waals surface area contributed by atoms with Crippen LogP contribution in [-0.2, 0) is 0 Å². The van der Waals surface area contributed by atoms with Crippen molar-refractivity contribution in [3.8, 4) is 0 Å². The Bertz CT molecular complexity index is 824. The zero-order valence-electron chi connectivity index (χ0n) is 21.6. The summed E-state index contributed by atoms with van der Waals surface area (Å²) in [5.74, 6) is 4.05. The minimum absolute atomic E-state index is 0.399. The van der Waals surface area contributed by atoms with Gasteiger partial charge < -0.3 is 11.5 Å². The SMILES string of the molecule is CCCCCC1CCC(CCC2CCC(C(c3ccccc3)c3cc(N)cc(N)c3)CC2)CC1. The Morgan fingerprint density at radius 1 is 0.647 bits per heavy atom. The third-order valence-corrected chi connectivity index (χ3v) is 9.05. The van der Waals surface area contributed by atoms with E-state index >= 15 is 0 Å². The highest BCUT2D eigenvalue weighted by atomic mass is 14.6. The van der Waals surface area contributed by atoms with E-state index in [1.54, 1.807) is 0 Å². The van der Waals surface area contributed by atoms with E-state index in [9.17, 15) is 0 Å². The number of hydrogen-bond donors (Lipinski definition) is 2. The van der Waals surface area contributed by atoms with Crippen LogP contribution in [0.2, 0.25) is 0 Å². The van der Waals surface area contributed by atoms with E-state index in [0.717, 1.165) is 29.1 Å². The summed E-state index contributed by atoms with van der Waals surface area (Å²) in [5, 5.41) is 0. The number of hydrogen-bond acceptors (Lipinski definition) is 2.